The molecule has 1 aliphatic carbocycles. The van der Waals surface area contributed by atoms with Crippen molar-refractivity contribution in [1.82, 2.24) is 4.98 Å². The second-order valence-corrected chi connectivity index (χ2v) is 5.14. The van der Waals surface area contributed by atoms with Gasteiger partial charge in [-0.25, -0.2) is 4.79 Å². The Kier molecular flexibility index (Phi) is 4.66. The number of esters is 1. The number of carbonyl (C=O) groups excluding carboxylic acids is 2. The van der Waals surface area contributed by atoms with Gasteiger partial charge in [0.2, 0.25) is 0 Å². The van der Waals surface area contributed by atoms with Crippen LogP contribution in [0.3, 0.4) is 0 Å². The number of hydrogen-bond acceptors (Lipinski definition) is 4. The third-order valence-electron chi connectivity index (χ3n) is 3.17. The Hall–Kier alpha value is -1.97. The monoisotopic (exact) mass is 273 g/mol. The lowest BCUT2D eigenvalue weighted by molar-refractivity contribution is -0.139. The number of ether oxygens (including phenoxy) is 1. The molecule has 4 heteroatoms. The van der Waals surface area contributed by atoms with E-state index < -0.39 is 5.97 Å². The fourth-order valence-corrected chi connectivity index (χ4v) is 1.98. The molecule has 20 heavy (non-hydrogen) atoms. The maximum absolute atomic E-state index is 12.2. The predicted molar refractivity (Wildman–Crippen MR) is 75.9 cm³/mol. The van der Waals surface area contributed by atoms with Gasteiger partial charge in [0.15, 0.2) is 5.78 Å². The molecule has 0 radical (unpaired) electrons. The molecule has 1 fully saturated rings. The number of hydrogen-bond donors (Lipinski definition) is 0. The molecule has 0 aromatic carbocycles. The maximum Gasteiger partial charge on any atom is 0.341 e. The first-order valence-corrected chi connectivity index (χ1v) is 6.93. The second-order valence-electron chi connectivity index (χ2n) is 5.14. The highest BCUT2D eigenvalue weighted by Crippen LogP contribution is 2.33. The van der Waals surface area contributed by atoms with Gasteiger partial charge >= 0.3 is 5.97 Å². The van der Waals surface area contributed by atoms with Gasteiger partial charge < -0.3 is 4.74 Å². The zero-order valence-corrected chi connectivity index (χ0v) is 11.9. The number of aromatic nitrogens is 1. The molecule has 0 saturated heterocycles. The Balaban J connectivity index is 2.24. The summed E-state index contributed by atoms with van der Waals surface area (Å²) in [5, 5.41) is 0. The minimum Gasteiger partial charge on any atom is -0.462 e. The zero-order chi connectivity index (χ0) is 14.5. The number of pyridine rings is 1. The van der Waals surface area contributed by atoms with E-state index in [0.29, 0.717) is 12.3 Å². The van der Waals surface area contributed by atoms with Gasteiger partial charge in [0.1, 0.15) is 5.57 Å². The van der Waals surface area contributed by atoms with Crippen LogP contribution >= 0.6 is 0 Å². The van der Waals surface area contributed by atoms with E-state index in [2.05, 4.69) is 4.98 Å². The molecular formula is C16H19NO3. The lowest BCUT2D eigenvalue weighted by atomic mass is 10.0. The van der Waals surface area contributed by atoms with E-state index in [9.17, 15) is 9.59 Å². The molecule has 0 aliphatic heterocycles. The summed E-state index contributed by atoms with van der Waals surface area (Å²) in [7, 11) is 0. The molecular weight excluding hydrogens is 254 g/mol. The average molecular weight is 273 g/mol. The summed E-state index contributed by atoms with van der Waals surface area (Å²) in [6, 6.07) is 1.89. The summed E-state index contributed by atoms with van der Waals surface area (Å²) < 4.78 is 4.98. The number of Topliss-reactive ketones (excluding diaryl/α,β-unsaturated/α-hetero) is 1. The molecule has 4 nitrogen and oxygen atoms in total. The van der Waals surface area contributed by atoms with Crippen molar-refractivity contribution in [3.05, 3.63) is 35.2 Å². The Morgan fingerprint density at radius 1 is 1.40 bits per heavy atom. The van der Waals surface area contributed by atoms with E-state index in [1.165, 1.54) is 0 Å². The van der Waals surface area contributed by atoms with Gasteiger partial charge in [-0.3, -0.25) is 9.78 Å². The number of nitrogens with zero attached hydrogens (tertiary/aromatic N) is 1. The van der Waals surface area contributed by atoms with E-state index in [-0.39, 0.29) is 18.0 Å². The molecule has 0 amide bonds. The highest BCUT2D eigenvalue weighted by Gasteiger charge is 2.28. The van der Waals surface area contributed by atoms with Gasteiger partial charge in [0.05, 0.1) is 6.61 Å². The van der Waals surface area contributed by atoms with Crippen LogP contribution in [-0.4, -0.2) is 23.3 Å². The first-order chi connectivity index (χ1) is 9.60. The normalized spacial score (nSPS) is 15.0. The molecule has 0 bridgehead atoms. The first-order valence-electron chi connectivity index (χ1n) is 6.93. The van der Waals surface area contributed by atoms with E-state index in [1.54, 1.807) is 25.4 Å². The fourth-order valence-electron chi connectivity index (χ4n) is 1.98. The van der Waals surface area contributed by atoms with Crippen molar-refractivity contribution >= 4 is 17.8 Å². The van der Waals surface area contributed by atoms with Crippen LogP contribution in [0.15, 0.2) is 24.0 Å². The smallest absolute Gasteiger partial charge is 0.341 e. The van der Waals surface area contributed by atoms with E-state index in [0.717, 1.165) is 24.0 Å². The zero-order valence-electron chi connectivity index (χ0n) is 11.9. The van der Waals surface area contributed by atoms with E-state index in [4.69, 9.17) is 4.74 Å². The van der Waals surface area contributed by atoms with Crippen molar-refractivity contribution in [3.63, 3.8) is 0 Å². The summed E-state index contributed by atoms with van der Waals surface area (Å²) in [5.74, 6) is -0.233. The highest BCUT2D eigenvalue weighted by molar-refractivity contribution is 6.20. The van der Waals surface area contributed by atoms with Crippen LogP contribution < -0.4 is 0 Å². The van der Waals surface area contributed by atoms with Crippen molar-refractivity contribution < 1.29 is 14.3 Å². The van der Waals surface area contributed by atoms with Gasteiger partial charge in [-0.2, -0.15) is 0 Å². The Morgan fingerprint density at radius 3 is 2.75 bits per heavy atom. The van der Waals surface area contributed by atoms with Crippen LogP contribution in [0.5, 0.6) is 0 Å². The summed E-state index contributed by atoms with van der Waals surface area (Å²) >= 11 is 0. The Labute approximate surface area is 118 Å². The Bertz CT molecular complexity index is 544. The third kappa shape index (κ3) is 4.02. The first kappa shape index (κ1) is 14.4. The molecule has 2 rings (SSSR count). The number of carbonyl (C=O) groups is 2. The van der Waals surface area contributed by atoms with Gasteiger partial charge in [-0.05, 0) is 55.9 Å². The van der Waals surface area contributed by atoms with Crippen molar-refractivity contribution in [2.75, 3.05) is 6.61 Å². The summed E-state index contributed by atoms with van der Waals surface area (Å²) in [4.78, 5) is 28.2. The lowest BCUT2D eigenvalue weighted by Gasteiger charge is -2.06. The SMILES string of the molecule is CCOC(=O)C(=Cc1cncc(C)c1)C(=O)CC1CC1. The predicted octanol–water partition coefficient (Wildman–Crippen LogP) is 2.71. The van der Waals surface area contributed by atoms with Gasteiger partial charge in [0.25, 0.3) is 0 Å². The molecule has 1 aromatic heterocycles. The molecule has 0 N–H and O–H groups in total. The summed E-state index contributed by atoms with van der Waals surface area (Å²) in [6.45, 7) is 3.91. The summed E-state index contributed by atoms with van der Waals surface area (Å²) in [5.41, 5.74) is 1.86. The molecule has 106 valence electrons. The third-order valence-corrected chi connectivity index (χ3v) is 3.17. The van der Waals surface area contributed by atoms with Crippen LogP contribution in [-0.2, 0) is 14.3 Å². The topological polar surface area (TPSA) is 56.3 Å². The second kappa shape index (κ2) is 6.46. The number of rotatable bonds is 6. The van der Waals surface area contributed by atoms with Gasteiger partial charge in [-0.15, -0.1) is 0 Å². The van der Waals surface area contributed by atoms with Crippen molar-refractivity contribution in [2.24, 2.45) is 5.92 Å². The van der Waals surface area contributed by atoms with Gasteiger partial charge in [0, 0.05) is 18.8 Å². The minimum atomic E-state index is -0.542. The van der Waals surface area contributed by atoms with Crippen molar-refractivity contribution in [2.45, 2.75) is 33.1 Å². The van der Waals surface area contributed by atoms with Crippen molar-refractivity contribution in [1.29, 1.82) is 0 Å². The lowest BCUT2D eigenvalue weighted by Crippen LogP contribution is -2.16. The fraction of sp³-hybridized carbons (Fsp3) is 0.438. The number of ketones is 1. The van der Waals surface area contributed by atoms with E-state index >= 15 is 0 Å². The van der Waals surface area contributed by atoms with Crippen LogP contribution in [0.2, 0.25) is 0 Å². The standard InChI is InChI=1S/C16H19NO3/c1-3-20-16(19)14(15(18)8-12-4-5-12)7-13-6-11(2)9-17-10-13/h6-7,9-10,12H,3-5,8H2,1-2H3. The minimum absolute atomic E-state index is 0.131. The number of aryl methyl sites for hydroxylation is 1. The van der Waals surface area contributed by atoms with Crippen LogP contribution in [0.4, 0.5) is 0 Å². The van der Waals surface area contributed by atoms with Crippen LogP contribution in [0.1, 0.15) is 37.3 Å². The molecule has 1 aromatic rings. The largest absolute Gasteiger partial charge is 0.462 e. The van der Waals surface area contributed by atoms with E-state index in [1.807, 2.05) is 13.0 Å². The van der Waals surface area contributed by atoms with Crippen LogP contribution in [0, 0.1) is 12.8 Å². The maximum atomic E-state index is 12.2. The quantitative estimate of drug-likeness (QED) is 0.346. The van der Waals surface area contributed by atoms with Gasteiger partial charge in [-0.1, -0.05) is 0 Å². The van der Waals surface area contributed by atoms with Crippen LogP contribution in [0.25, 0.3) is 6.08 Å². The molecule has 1 saturated carbocycles. The molecule has 0 unspecified atom stereocenters. The molecule has 0 atom stereocenters. The molecule has 1 heterocycles. The highest BCUT2D eigenvalue weighted by atomic mass is 16.5. The van der Waals surface area contributed by atoms with Crippen molar-refractivity contribution in [3.8, 4) is 0 Å². The molecule has 1 aliphatic rings. The Morgan fingerprint density at radius 2 is 2.15 bits per heavy atom. The summed E-state index contributed by atoms with van der Waals surface area (Å²) in [6.07, 6.45) is 7.54. The average Bonchev–Trinajstić information content (AvgIpc) is 3.20. The molecule has 0 spiro atoms.